The van der Waals surface area contributed by atoms with E-state index in [1.165, 1.54) is 29.7 Å². The number of hydrogen-bond acceptors (Lipinski definition) is 2. The molecule has 102 valence electrons. The summed E-state index contributed by atoms with van der Waals surface area (Å²) in [4.78, 5) is 2.35. The van der Waals surface area contributed by atoms with Gasteiger partial charge in [-0.15, -0.1) is 0 Å². The van der Waals surface area contributed by atoms with E-state index in [1.54, 1.807) is 0 Å². The van der Waals surface area contributed by atoms with Crippen LogP contribution in [0.4, 0.5) is 5.69 Å². The van der Waals surface area contributed by atoms with Crippen LogP contribution < -0.4 is 10.6 Å². The van der Waals surface area contributed by atoms with Crippen molar-refractivity contribution in [1.29, 1.82) is 0 Å². The van der Waals surface area contributed by atoms with Crippen LogP contribution in [0.5, 0.6) is 0 Å². The van der Waals surface area contributed by atoms with Gasteiger partial charge in [-0.25, -0.2) is 0 Å². The molecule has 0 aromatic heterocycles. The number of benzene rings is 1. The molecule has 1 aromatic carbocycles. The maximum absolute atomic E-state index is 5.98. The summed E-state index contributed by atoms with van der Waals surface area (Å²) >= 11 is 0. The number of rotatable bonds is 6. The number of aryl methyl sites for hydroxylation is 2. The molecule has 2 nitrogen and oxygen atoms in total. The highest BCUT2D eigenvalue weighted by Crippen LogP contribution is 2.23. The first kappa shape index (κ1) is 15.0. The maximum atomic E-state index is 5.98. The first-order valence-corrected chi connectivity index (χ1v) is 7.00. The Balaban J connectivity index is 2.91. The van der Waals surface area contributed by atoms with Crippen molar-refractivity contribution in [1.82, 2.24) is 0 Å². The summed E-state index contributed by atoms with van der Waals surface area (Å²) in [5.41, 5.74) is 9.89. The van der Waals surface area contributed by atoms with Gasteiger partial charge in [-0.3, -0.25) is 0 Å². The van der Waals surface area contributed by atoms with E-state index < -0.39 is 0 Å². The van der Waals surface area contributed by atoms with Crippen LogP contribution in [0.15, 0.2) is 18.2 Å². The summed E-state index contributed by atoms with van der Waals surface area (Å²) in [5.74, 6) is 0.630. The monoisotopic (exact) mass is 248 g/mol. The first-order chi connectivity index (χ1) is 8.49. The van der Waals surface area contributed by atoms with Crippen molar-refractivity contribution >= 4 is 5.69 Å². The van der Waals surface area contributed by atoms with Crippen molar-refractivity contribution in [2.24, 2.45) is 11.7 Å². The van der Waals surface area contributed by atoms with E-state index in [1.807, 2.05) is 0 Å². The second-order valence-corrected chi connectivity index (χ2v) is 5.53. The fourth-order valence-electron chi connectivity index (χ4n) is 2.77. The highest BCUT2D eigenvalue weighted by molar-refractivity contribution is 5.51. The van der Waals surface area contributed by atoms with Crippen molar-refractivity contribution in [3.05, 3.63) is 29.3 Å². The Morgan fingerprint density at radius 2 is 1.72 bits per heavy atom. The van der Waals surface area contributed by atoms with Crippen LogP contribution >= 0.6 is 0 Å². The first-order valence-electron chi connectivity index (χ1n) is 7.00. The van der Waals surface area contributed by atoms with E-state index in [-0.39, 0.29) is 0 Å². The molecule has 0 saturated carbocycles. The molecule has 0 spiro atoms. The molecule has 2 unspecified atom stereocenters. The predicted molar refractivity (Wildman–Crippen MR) is 81.2 cm³/mol. The van der Waals surface area contributed by atoms with Crippen LogP contribution in [-0.4, -0.2) is 19.6 Å². The molecular formula is C16H28N2. The molecule has 0 heterocycles. The molecule has 1 aromatic rings. The SMILES string of the molecule is CCCC(C)C(CN)N(C)c1cc(C)cc(C)c1. The third-order valence-corrected chi connectivity index (χ3v) is 3.75. The van der Waals surface area contributed by atoms with E-state index >= 15 is 0 Å². The summed E-state index contributed by atoms with van der Waals surface area (Å²) < 4.78 is 0. The second-order valence-electron chi connectivity index (χ2n) is 5.53. The maximum Gasteiger partial charge on any atom is 0.0434 e. The Kier molecular flexibility index (Phi) is 5.67. The lowest BCUT2D eigenvalue weighted by Gasteiger charge is -2.34. The Hall–Kier alpha value is -1.02. The highest BCUT2D eigenvalue weighted by Gasteiger charge is 2.20. The molecule has 0 saturated heterocycles. The number of nitrogens with two attached hydrogens (primary N) is 1. The van der Waals surface area contributed by atoms with E-state index in [4.69, 9.17) is 5.73 Å². The minimum absolute atomic E-state index is 0.422. The van der Waals surface area contributed by atoms with Gasteiger partial charge in [0.2, 0.25) is 0 Å². The molecule has 18 heavy (non-hydrogen) atoms. The molecule has 0 radical (unpaired) electrons. The fraction of sp³-hybridized carbons (Fsp3) is 0.625. The van der Waals surface area contributed by atoms with Gasteiger partial charge in [0, 0.05) is 25.3 Å². The van der Waals surface area contributed by atoms with Crippen LogP contribution in [0.1, 0.15) is 37.8 Å². The predicted octanol–water partition coefficient (Wildman–Crippen LogP) is 3.50. The van der Waals surface area contributed by atoms with Crippen molar-refractivity contribution in [3.8, 4) is 0 Å². The van der Waals surface area contributed by atoms with E-state index in [0.29, 0.717) is 18.5 Å². The molecule has 1 rings (SSSR count). The molecule has 0 amide bonds. The zero-order valence-electron chi connectivity index (χ0n) is 12.5. The van der Waals surface area contributed by atoms with Gasteiger partial charge in [0.25, 0.3) is 0 Å². The van der Waals surface area contributed by atoms with Crippen molar-refractivity contribution < 1.29 is 0 Å². The van der Waals surface area contributed by atoms with E-state index in [9.17, 15) is 0 Å². The molecule has 0 fully saturated rings. The number of hydrogen-bond donors (Lipinski definition) is 1. The summed E-state index contributed by atoms with van der Waals surface area (Å²) in [6, 6.07) is 7.12. The number of likely N-dealkylation sites (N-methyl/N-ethyl adjacent to an activating group) is 1. The van der Waals surface area contributed by atoms with Crippen LogP contribution in [0.3, 0.4) is 0 Å². The lowest BCUT2D eigenvalue weighted by Crippen LogP contribution is -2.42. The van der Waals surface area contributed by atoms with Gasteiger partial charge >= 0.3 is 0 Å². The van der Waals surface area contributed by atoms with Crippen LogP contribution in [0.25, 0.3) is 0 Å². The summed E-state index contributed by atoms with van der Waals surface area (Å²) in [7, 11) is 2.16. The zero-order chi connectivity index (χ0) is 13.7. The average Bonchev–Trinajstić information content (AvgIpc) is 2.28. The molecule has 0 aliphatic carbocycles. The van der Waals surface area contributed by atoms with Crippen LogP contribution in [0, 0.1) is 19.8 Å². The normalized spacial score (nSPS) is 14.3. The smallest absolute Gasteiger partial charge is 0.0434 e. The van der Waals surface area contributed by atoms with E-state index in [2.05, 4.69) is 57.8 Å². The van der Waals surface area contributed by atoms with Gasteiger partial charge < -0.3 is 10.6 Å². The van der Waals surface area contributed by atoms with Crippen LogP contribution in [0.2, 0.25) is 0 Å². The molecule has 0 aliphatic heterocycles. The van der Waals surface area contributed by atoms with Gasteiger partial charge in [-0.05, 0) is 49.4 Å². The Morgan fingerprint density at radius 3 is 2.17 bits per heavy atom. The molecule has 2 N–H and O–H groups in total. The Morgan fingerprint density at radius 1 is 1.17 bits per heavy atom. The van der Waals surface area contributed by atoms with Crippen molar-refractivity contribution in [2.75, 3.05) is 18.5 Å². The topological polar surface area (TPSA) is 29.3 Å². The van der Waals surface area contributed by atoms with Gasteiger partial charge in [0.05, 0.1) is 0 Å². The standard InChI is InChI=1S/C16H28N2/c1-6-7-14(4)16(11-17)18(5)15-9-12(2)8-13(3)10-15/h8-10,14,16H,6-7,11,17H2,1-5H3. The molecule has 2 heteroatoms. The lowest BCUT2D eigenvalue weighted by molar-refractivity contribution is 0.414. The van der Waals surface area contributed by atoms with Crippen molar-refractivity contribution in [3.63, 3.8) is 0 Å². The summed E-state index contributed by atoms with van der Waals surface area (Å²) in [6.07, 6.45) is 2.45. The summed E-state index contributed by atoms with van der Waals surface area (Å²) in [6.45, 7) is 9.56. The molecule has 2 atom stereocenters. The van der Waals surface area contributed by atoms with Gasteiger partial charge in [-0.1, -0.05) is 26.3 Å². The minimum atomic E-state index is 0.422. The molecular weight excluding hydrogens is 220 g/mol. The minimum Gasteiger partial charge on any atom is -0.370 e. The van der Waals surface area contributed by atoms with Gasteiger partial charge in [0.15, 0.2) is 0 Å². The molecule has 0 bridgehead atoms. The lowest BCUT2D eigenvalue weighted by atomic mass is 9.95. The average molecular weight is 248 g/mol. The quantitative estimate of drug-likeness (QED) is 0.835. The Bertz CT molecular complexity index is 353. The van der Waals surface area contributed by atoms with Crippen LogP contribution in [-0.2, 0) is 0 Å². The van der Waals surface area contributed by atoms with Crippen molar-refractivity contribution in [2.45, 2.75) is 46.6 Å². The zero-order valence-corrected chi connectivity index (χ0v) is 12.5. The fourth-order valence-corrected chi connectivity index (χ4v) is 2.77. The largest absolute Gasteiger partial charge is 0.370 e. The van der Waals surface area contributed by atoms with E-state index in [0.717, 1.165) is 0 Å². The highest BCUT2D eigenvalue weighted by atomic mass is 15.1. The third kappa shape index (κ3) is 3.74. The second kappa shape index (κ2) is 6.79. The Labute approximate surface area is 112 Å². The number of nitrogens with zero attached hydrogens (tertiary/aromatic N) is 1. The third-order valence-electron chi connectivity index (χ3n) is 3.75. The number of anilines is 1. The van der Waals surface area contributed by atoms with Gasteiger partial charge in [-0.2, -0.15) is 0 Å². The van der Waals surface area contributed by atoms with Gasteiger partial charge in [0.1, 0.15) is 0 Å². The summed E-state index contributed by atoms with van der Waals surface area (Å²) in [5, 5.41) is 0. The molecule has 0 aliphatic rings.